The molecule has 1 saturated heterocycles. The fraction of sp³-hybridized carbons (Fsp3) is 0.211. The van der Waals surface area contributed by atoms with E-state index in [-0.39, 0.29) is 17.2 Å². The number of hydrogen-bond donors (Lipinski definition) is 1. The van der Waals surface area contributed by atoms with Crippen molar-refractivity contribution in [1.82, 2.24) is 0 Å². The van der Waals surface area contributed by atoms with Crippen LogP contribution in [0.2, 0.25) is 0 Å². The Bertz CT molecular complexity index is 836. The molecule has 0 saturated carbocycles. The maximum atomic E-state index is 13.1. The zero-order valence-corrected chi connectivity index (χ0v) is 13.9. The Labute approximate surface area is 149 Å². The summed E-state index contributed by atoms with van der Waals surface area (Å²) < 4.78 is 18.0. The molecule has 0 atom stereocenters. The SMILES string of the molecule is O=C(COC(=O)c1ccc(N2CCCC2=O)cc1)Nc1cccc(F)c1. The van der Waals surface area contributed by atoms with E-state index in [1.165, 1.54) is 18.2 Å². The van der Waals surface area contributed by atoms with Crippen molar-refractivity contribution in [3.05, 3.63) is 59.9 Å². The molecule has 1 aliphatic rings. The highest BCUT2D eigenvalue weighted by Crippen LogP contribution is 2.21. The first-order chi connectivity index (χ1) is 12.5. The monoisotopic (exact) mass is 356 g/mol. The minimum absolute atomic E-state index is 0.0642. The summed E-state index contributed by atoms with van der Waals surface area (Å²) in [5.41, 5.74) is 1.29. The average molecular weight is 356 g/mol. The zero-order valence-electron chi connectivity index (χ0n) is 13.9. The molecular formula is C19H17FN2O4. The molecule has 1 aliphatic heterocycles. The number of carbonyl (C=O) groups is 3. The molecule has 0 aromatic heterocycles. The number of nitrogens with one attached hydrogen (secondary N) is 1. The van der Waals surface area contributed by atoms with E-state index in [4.69, 9.17) is 4.74 Å². The molecule has 3 rings (SSSR count). The highest BCUT2D eigenvalue weighted by atomic mass is 19.1. The normalized spacial score (nSPS) is 13.6. The van der Waals surface area contributed by atoms with Gasteiger partial charge < -0.3 is 15.0 Å². The van der Waals surface area contributed by atoms with Crippen LogP contribution < -0.4 is 10.2 Å². The standard InChI is InChI=1S/C19H17FN2O4/c20-14-3-1-4-15(11-14)21-17(23)12-26-19(25)13-6-8-16(9-7-13)22-10-2-5-18(22)24/h1,3-4,6-9,11H,2,5,10,12H2,(H,21,23). The number of rotatable bonds is 5. The Morgan fingerprint density at radius 2 is 1.92 bits per heavy atom. The maximum absolute atomic E-state index is 13.1. The number of esters is 1. The van der Waals surface area contributed by atoms with Gasteiger partial charge in [-0.25, -0.2) is 9.18 Å². The van der Waals surface area contributed by atoms with E-state index in [0.29, 0.717) is 13.0 Å². The van der Waals surface area contributed by atoms with Gasteiger partial charge in [0.1, 0.15) is 5.82 Å². The number of hydrogen-bond acceptors (Lipinski definition) is 4. The number of ether oxygens (including phenoxy) is 1. The van der Waals surface area contributed by atoms with Crippen molar-refractivity contribution in [2.75, 3.05) is 23.4 Å². The van der Waals surface area contributed by atoms with Gasteiger partial charge in [-0.2, -0.15) is 0 Å². The molecule has 0 spiro atoms. The predicted octanol–water partition coefficient (Wildman–Crippen LogP) is 2.75. The molecule has 0 aliphatic carbocycles. The van der Waals surface area contributed by atoms with E-state index >= 15 is 0 Å². The number of benzene rings is 2. The predicted molar refractivity (Wildman–Crippen MR) is 93.3 cm³/mol. The minimum Gasteiger partial charge on any atom is -0.452 e. The molecule has 0 radical (unpaired) electrons. The van der Waals surface area contributed by atoms with Gasteiger partial charge in [-0.15, -0.1) is 0 Å². The van der Waals surface area contributed by atoms with Crippen molar-refractivity contribution in [3.63, 3.8) is 0 Å². The quantitative estimate of drug-likeness (QED) is 0.836. The first kappa shape index (κ1) is 17.6. The highest BCUT2D eigenvalue weighted by molar-refractivity contribution is 5.97. The van der Waals surface area contributed by atoms with Crippen molar-refractivity contribution in [2.45, 2.75) is 12.8 Å². The van der Waals surface area contributed by atoms with E-state index in [9.17, 15) is 18.8 Å². The molecule has 1 heterocycles. The Balaban J connectivity index is 1.53. The second-order valence-corrected chi connectivity index (χ2v) is 5.83. The topological polar surface area (TPSA) is 75.7 Å². The second-order valence-electron chi connectivity index (χ2n) is 5.83. The van der Waals surface area contributed by atoms with Gasteiger partial charge in [-0.3, -0.25) is 9.59 Å². The van der Waals surface area contributed by atoms with Crippen LogP contribution in [0.1, 0.15) is 23.2 Å². The summed E-state index contributed by atoms with van der Waals surface area (Å²) in [5.74, 6) is -1.63. The molecule has 134 valence electrons. The van der Waals surface area contributed by atoms with Gasteiger partial charge in [0.15, 0.2) is 6.61 Å². The van der Waals surface area contributed by atoms with Crippen molar-refractivity contribution in [1.29, 1.82) is 0 Å². The smallest absolute Gasteiger partial charge is 0.338 e. The third kappa shape index (κ3) is 4.24. The molecule has 1 fully saturated rings. The molecule has 0 bridgehead atoms. The lowest BCUT2D eigenvalue weighted by molar-refractivity contribution is -0.119. The van der Waals surface area contributed by atoms with E-state index in [1.807, 2.05) is 0 Å². The van der Waals surface area contributed by atoms with Crippen LogP contribution in [0.15, 0.2) is 48.5 Å². The molecule has 6 nitrogen and oxygen atoms in total. The highest BCUT2D eigenvalue weighted by Gasteiger charge is 2.21. The van der Waals surface area contributed by atoms with Crippen molar-refractivity contribution < 1.29 is 23.5 Å². The van der Waals surface area contributed by atoms with Crippen LogP contribution in [-0.2, 0) is 14.3 Å². The summed E-state index contributed by atoms with van der Waals surface area (Å²) in [4.78, 5) is 37.2. The average Bonchev–Trinajstić information content (AvgIpc) is 3.06. The number of nitrogens with zero attached hydrogens (tertiary/aromatic N) is 1. The summed E-state index contributed by atoms with van der Waals surface area (Å²) in [7, 11) is 0. The molecule has 0 unspecified atom stereocenters. The number of anilines is 2. The lowest BCUT2D eigenvalue weighted by atomic mass is 10.2. The third-order valence-corrected chi connectivity index (χ3v) is 3.93. The molecular weight excluding hydrogens is 339 g/mol. The Morgan fingerprint density at radius 3 is 2.58 bits per heavy atom. The van der Waals surface area contributed by atoms with Crippen molar-refractivity contribution >= 4 is 29.2 Å². The van der Waals surface area contributed by atoms with Gasteiger partial charge in [-0.05, 0) is 48.9 Å². The van der Waals surface area contributed by atoms with Gasteiger partial charge in [0.2, 0.25) is 5.91 Å². The van der Waals surface area contributed by atoms with Crippen molar-refractivity contribution in [3.8, 4) is 0 Å². The Kier molecular flexibility index (Phi) is 5.26. The number of halogens is 1. The second kappa shape index (κ2) is 7.77. The Morgan fingerprint density at radius 1 is 1.15 bits per heavy atom. The maximum Gasteiger partial charge on any atom is 0.338 e. The van der Waals surface area contributed by atoms with Gasteiger partial charge in [-0.1, -0.05) is 6.07 Å². The zero-order chi connectivity index (χ0) is 18.5. The summed E-state index contributed by atoms with van der Waals surface area (Å²) in [6.45, 7) is 0.185. The van der Waals surface area contributed by atoms with Crippen LogP contribution in [0.25, 0.3) is 0 Å². The van der Waals surface area contributed by atoms with Gasteiger partial charge in [0, 0.05) is 24.3 Å². The Hall–Kier alpha value is -3.22. The lowest BCUT2D eigenvalue weighted by Gasteiger charge is -2.15. The lowest BCUT2D eigenvalue weighted by Crippen LogP contribution is -2.23. The van der Waals surface area contributed by atoms with Crippen LogP contribution in [0.4, 0.5) is 15.8 Å². The van der Waals surface area contributed by atoms with Crippen LogP contribution in [0.3, 0.4) is 0 Å². The van der Waals surface area contributed by atoms with Crippen LogP contribution in [0.5, 0.6) is 0 Å². The number of amides is 2. The van der Waals surface area contributed by atoms with Gasteiger partial charge >= 0.3 is 5.97 Å². The molecule has 2 aromatic rings. The summed E-state index contributed by atoms with van der Waals surface area (Å²) in [6, 6.07) is 11.9. The van der Waals surface area contributed by atoms with E-state index in [2.05, 4.69) is 5.32 Å². The molecule has 2 aromatic carbocycles. The summed E-state index contributed by atoms with van der Waals surface area (Å²) in [6.07, 6.45) is 1.35. The van der Waals surface area contributed by atoms with E-state index < -0.39 is 24.3 Å². The number of carbonyl (C=O) groups excluding carboxylic acids is 3. The molecule has 26 heavy (non-hydrogen) atoms. The van der Waals surface area contributed by atoms with E-state index in [0.717, 1.165) is 18.2 Å². The fourth-order valence-electron chi connectivity index (χ4n) is 2.68. The van der Waals surface area contributed by atoms with Crippen LogP contribution >= 0.6 is 0 Å². The van der Waals surface area contributed by atoms with Gasteiger partial charge in [0.25, 0.3) is 5.91 Å². The first-order valence-corrected chi connectivity index (χ1v) is 8.16. The molecule has 1 N–H and O–H groups in total. The summed E-state index contributed by atoms with van der Waals surface area (Å²) >= 11 is 0. The van der Waals surface area contributed by atoms with Crippen LogP contribution in [-0.4, -0.2) is 30.9 Å². The molecule has 2 amide bonds. The van der Waals surface area contributed by atoms with Crippen LogP contribution in [0, 0.1) is 5.82 Å². The first-order valence-electron chi connectivity index (χ1n) is 8.16. The fourth-order valence-corrected chi connectivity index (χ4v) is 2.68. The summed E-state index contributed by atoms with van der Waals surface area (Å²) in [5, 5.41) is 2.44. The molecule has 7 heteroatoms. The van der Waals surface area contributed by atoms with Gasteiger partial charge in [0.05, 0.1) is 5.56 Å². The minimum atomic E-state index is -0.654. The largest absolute Gasteiger partial charge is 0.452 e. The van der Waals surface area contributed by atoms with Crippen molar-refractivity contribution in [2.24, 2.45) is 0 Å². The third-order valence-electron chi connectivity index (χ3n) is 3.93. The van der Waals surface area contributed by atoms with E-state index in [1.54, 1.807) is 29.2 Å².